The summed E-state index contributed by atoms with van der Waals surface area (Å²) >= 11 is 0. The smallest absolute Gasteiger partial charge is 0.0724 e. The number of aromatic nitrogens is 3. The van der Waals surface area contributed by atoms with E-state index in [1.807, 2.05) is 12.4 Å². The molecule has 0 atom stereocenters. The summed E-state index contributed by atoms with van der Waals surface area (Å²) in [4.78, 5) is 4.53. The topological polar surface area (TPSA) is 22.8 Å². The standard InChI is InChI=1S/C38H29N3/c1-38(2)31-13-7-9-15-35(31)41-36-23-39-19-18-28(36)30-21-25(22-32(38)37(30)41)24-16-17-34-29(20-24)27-12-6-8-14-33(27)40(34)26-10-4-3-5-11-26/h3-5,7-11,13-23H,6,12H2,1-2H3. The van der Waals surface area contributed by atoms with Crippen molar-refractivity contribution in [2.45, 2.75) is 32.1 Å². The molecule has 0 spiro atoms. The van der Waals surface area contributed by atoms with Crippen molar-refractivity contribution in [1.29, 1.82) is 0 Å². The lowest BCUT2D eigenvalue weighted by Crippen LogP contribution is -2.26. The highest BCUT2D eigenvalue weighted by molar-refractivity contribution is 6.12. The second-order valence-corrected chi connectivity index (χ2v) is 12.0. The van der Waals surface area contributed by atoms with Crippen molar-refractivity contribution in [1.82, 2.24) is 14.1 Å². The van der Waals surface area contributed by atoms with Crippen molar-refractivity contribution in [3.05, 3.63) is 132 Å². The third-order valence-electron chi connectivity index (χ3n) is 9.45. The summed E-state index contributed by atoms with van der Waals surface area (Å²) in [6, 6.07) is 33.7. The quantitative estimate of drug-likeness (QED) is 0.220. The molecule has 3 heteroatoms. The van der Waals surface area contributed by atoms with Crippen LogP contribution in [0.4, 0.5) is 0 Å². The van der Waals surface area contributed by atoms with Crippen LogP contribution in [-0.4, -0.2) is 14.1 Å². The molecular weight excluding hydrogens is 498 g/mol. The van der Waals surface area contributed by atoms with Gasteiger partial charge in [-0.1, -0.05) is 62.4 Å². The molecule has 41 heavy (non-hydrogen) atoms. The minimum atomic E-state index is -0.132. The molecule has 4 aromatic carbocycles. The average molecular weight is 528 g/mol. The molecule has 0 amide bonds. The highest BCUT2D eigenvalue weighted by Gasteiger charge is 2.35. The Bertz CT molecular complexity index is 2220. The van der Waals surface area contributed by atoms with Crippen molar-refractivity contribution < 1.29 is 0 Å². The van der Waals surface area contributed by atoms with Crippen LogP contribution in [0, 0.1) is 0 Å². The number of pyridine rings is 1. The third-order valence-corrected chi connectivity index (χ3v) is 9.45. The van der Waals surface area contributed by atoms with Crippen LogP contribution >= 0.6 is 0 Å². The van der Waals surface area contributed by atoms with Crippen LogP contribution in [-0.2, 0) is 11.8 Å². The Hall–Kier alpha value is -4.89. The summed E-state index contributed by atoms with van der Waals surface area (Å²) in [5.74, 6) is 0. The van der Waals surface area contributed by atoms with Crippen molar-refractivity contribution >= 4 is 38.8 Å². The first kappa shape index (κ1) is 22.9. The van der Waals surface area contributed by atoms with Gasteiger partial charge in [-0.25, -0.2) is 0 Å². The Morgan fingerprint density at radius 3 is 2.44 bits per heavy atom. The molecule has 0 saturated heterocycles. The molecular formula is C38H29N3. The predicted octanol–water partition coefficient (Wildman–Crippen LogP) is 9.39. The first-order valence-electron chi connectivity index (χ1n) is 14.5. The van der Waals surface area contributed by atoms with Gasteiger partial charge in [0.15, 0.2) is 0 Å². The lowest BCUT2D eigenvalue weighted by molar-refractivity contribution is 0.630. The molecule has 9 rings (SSSR count). The molecule has 0 saturated carbocycles. The van der Waals surface area contributed by atoms with E-state index in [-0.39, 0.29) is 5.41 Å². The molecule has 0 bridgehead atoms. The summed E-state index contributed by atoms with van der Waals surface area (Å²) in [6.45, 7) is 4.74. The molecule has 0 radical (unpaired) electrons. The zero-order valence-corrected chi connectivity index (χ0v) is 23.2. The molecule has 196 valence electrons. The number of rotatable bonds is 2. The summed E-state index contributed by atoms with van der Waals surface area (Å²) in [7, 11) is 0. The molecule has 7 aromatic rings. The first-order chi connectivity index (χ1) is 20.1. The predicted molar refractivity (Wildman–Crippen MR) is 170 cm³/mol. The molecule has 1 aliphatic heterocycles. The van der Waals surface area contributed by atoms with E-state index in [1.165, 1.54) is 77.6 Å². The molecule has 3 nitrogen and oxygen atoms in total. The summed E-state index contributed by atoms with van der Waals surface area (Å²) in [6.07, 6.45) is 10.7. The summed E-state index contributed by atoms with van der Waals surface area (Å²) in [5.41, 5.74) is 14.1. The number of hydrogen-bond donors (Lipinski definition) is 0. The van der Waals surface area contributed by atoms with E-state index in [1.54, 1.807) is 0 Å². The highest BCUT2D eigenvalue weighted by Crippen LogP contribution is 2.49. The molecule has 3 aromatic heterocycles. The summed E-state index contributed by atoms with van der Waals surface area (Å²) < 4.78 is 4.86. The average Bonchev–Trinajstić information content (AvgIpc) is 3.53. The van der Waals surface area contributed by atoms with Crippen molar-refractivity contribution in [2.24, 2.45) is 0 Å². The number of fused-ring (bicyclic) bond motifs is 8. The zero-order chi connectivity index (χ0) is 27.3. The third kappa shape index (κ3) is 3.01. The van der Waals surface area contributed by atoms with E-state index in [2.05, 4.69) is 131 Å². The number of aryl methyl sites for hydroxylation is 1. The highest BCUT2D eigenvalue weighted by atomic mass is 15.0. The van der Waals surface area contributed by atoms with Gasteiger partial charge in [0.25, 0.3) is 0 Å². The first-order valence-corrected chi connectivity index (χ1v) is 14.5. The Balaban J connectivity index is 1.34. The van der Waals surface area contributed by atoms with Gasteiger partial charge in [0.2, 0.25) is 0 Å². The monoisotopic (exact) mass is 527 g/mol. The van der Waals surface area contributed by atoms with Crippen molar-refractivity contribution in [3.8, 4) is 22.5 Å². The van der Waals surface area contributed by atoms with Crippen LogP contribution in [0.5, 0.6) is 0 Å². The van der Waals surface area contributed by atoms with Crippen LogP contribution < -0.4 is 0 Å². The van der Waals surface area contributed by atoms with Gasteiger partial charge in [-0.2, -0.15) is 0 Å². The zero-order valence-electron chi connectivity index (χ0n) is 23.2. The SMILES string of the molecule is CC1(C)c2ccccc2-n2c3cnccc3c3cc(-c4ccc5c(c4)c4c(n5-c5ccccc5)C=CCC4)cc1c32. The Morgan fingerprint density at radius 1 is 0.707 bits per heavy atom. The van der Waals surface area contributed by atoms with Gasteiger partial charge in [0.05, 0.1) is 28.4 Å². The van der Waals surface area contributed by atoms with Crippen LogP contribution in [0.1, 0.15) is 42.7 Å². The van der Waals surface area contributed by atoms with E-state index in [0.717, 1.165) is 12.8 Å². The van der Waals surface area contributed by atoms with Crippen LogP contribution in [0.25, 0.3) is 61.3 Å². The van der Waals surface area contributed by atoms with Crippen molar-refractivity contribution in [2.75, 3.05) is 0 Å². The second-order valence-electron chi connectivity index (χ2n) is 12.0. The maximum Gasteiger partial charge on any atom is 0.0724 e. The van der Waals surface area contributed by atoms with E-state index >= 15 is 0 Å². The molecule has 2 aliphatic rings. The van der Waals surface area contributed by atoms with Crippen molar-refractivity contribution in [3.63, 3.8) is 0 Å². The molecule has 0 fully saturated rings. The van der Waals surface area contributed by atoms with Crippen LogP contribution in [0.2, 0.25) is 0 Å². The maximum absolute atomic E-state index is 4.53. The van der Waals surface area contributed by atoms with E-state index < -0.39 is 0 Å². The number of nitrogens with zero attached hydrogens (tertiary/aromatic N) is 3. The van der Waals surface area contributed by atoms with Gasteiger partial charge in [0, 0.05) is 39.2 Å². The lowest BCUT2D eigenvalue weighted by Gasteiger charge is -2.35. The fourth-order valence-corrected chi connectivity index (χ4v) is 7.50. The molecule has 1 aliphatic carbocycles. The molecule has 4 heterocycles. The van der Waals surface area contributed by atoms with Crippen LogP contribution in [0.3, 0.4) is 0 Å². The number of hydrogen-bond acceptors (Lipinski definition) is 1. The van der Waals surface area contributed by atoms with E-state index in [4.69, 9.17) is 0 Å². The fraction of sp³-hybridized carbons (Fsp3) is 0.132. The minimum absolute atomic E-state index is 0.132. The van der Waals surface area contributed by atoms with Gasteiger partial charge in [-0.15, -0.1) is 0 Å². The Morgan fingerprint density at radius 2 is 1.54 bits per heavy atom. The van der Waals surface area contributed by atoms with Gasteiger partial charge >= 0.3 is 0 Å². The fourth-order valence-electron chi connectivity index (χ4n) is 7.50. The summed E-state index contributed by atoms with van der Waals surface area (Å²) in [5, 5.41) is 3.91. The molecule has 0 unspecified atom stereocenters. The minimum Gasteiger partial charge on any atom is -0.310 e. The van der Waals surface area contributed by atoms with Crippen LogP contribution in [0.15, 0.2) is 109 Å². The Kier molecular flexibility index (Phi) is 4.51. The van der Waals surface area contributed by atoms with Gasteiger partial charge in [-0.3, -0.25) is 4.98 Å². The van der Waals surface area contributed by atoms with Gasteiger partial charge in [0.1, 0.15) is 0 Å². The number of benzene rings is 4. The van der Waals surface area contributed by atoms with E-state index in [9.17, 15) is 0 Å². The van der Waals surface area contributed by atoms with Gasteiger partial charge in [-0.05, 0) is 95.3 Å². The lowest BCUT2D eigenvalue weighted by atomic mass is 9.74. The Labute approximate surface area is 239 Å². The van der Waals surface area contributed by atoms with Gasteiger partial charge < -0.3 is 9.13 Å². The number of allylic oxidation sites excluding steroid dienone is 1. The number of para-hydroxylation sites is 2. The largest absolute Gasteiger partial charge is 0.310 e. The van der Waals surface area contributed by atoms with E-state index in [0.29, 0.717) is 0 Å². The molecule has 0 N–H and O–H groups in total. The normalized spacial score (nSPS) is 15.0. The second kappa shape index (κ2) is 8.08. The maximum atomic E-state index is 4.53.